The molecule has 29 heavy (non-hydrogen) atoms. The molecule has 0 bridgehead atoms. The molecule has 148 valence electrons. The first kappa shape index (κ1) is 19.5. The van der Waals surface area contributed by atoms with Crippen LogP contribution >= 0.6 is 0 Å². The molecule has 1 aromatic heterocycles. The van der Waals surface area contributed by atoms with Crippen LogP contribution in [-0.4, -0.2) is 21.8 Å². The van der Waals surface area contributed by atoms with E-state index in [1.54, 1.807) is 24.3 Å². The Labute approximate surface area is 165 Å². The molecule has 9 nitrogen and oxygen atoms in total. The van der Waals surface area contributed by atoms with Gasteiger partial charge in [0.15, 0.2) is 11.6 Å². The van der Waals surface area contributed by atoms with Gasteiger partial charge in [-0.25, -0.2) is 14.4 Å². The van der Waals surface area contributed by atoms with Gasteiger partial charge in [0, 0.05) is 23.9 Å². The molecule has 3 rings (SSSR count). The Kier molecular flexibility index (Phi) is 5.83. The zero-order valence-corrected chi connectivity index (χ0v) is 15.4. The second kappa shape index (κ2) is 8.65. The number of nitrogens with two attached hydrogens (primary N) is 1. The topological polar surface area (TPSA) is 134 Å². The number of benzene rings is 2. The van der Waals surface area contributed by atoms with Gasteiger partial charge in [0.25, 0.3) is 5.91 Å². The number of hydrogen-bond acceptors (Lipinski definition) is 7. The first-order valence-electron chi connectivity index (χ1n) is 8.49. The molecule has 0 saturated heterocycles. The molecule has 6 N–H and O–H groups in total. The van der Waals surface area contributed by atoms with Crippen LogP contribution in [-0.2, 0) is 4.79 Å². The van der Waals surface area contributed by atoms with Crippen LogP contribution < -0.4 is 27.2 Å². The average molecular weight is 395 g/mol. The van der Waals surface area contributed by atoms with Gasteiger partial charge in [0.2, 0.25) is 5.91 Å². The number of rotatable bonds is 6. The molecule has 0 spiro atoms. The molecular formula is C19H18FN7O2. The molecule has 0 atom stereocenters. The van der Waals surface area contributed by atoms with Gasteiger partial charge >= 0.3 is 0 Å². The molecule has 0 aliphatic rings. The van der Waals surface area contributed by atoms with E-state index in [0.29, 0.717) is 17.2 Å². The first-order valence-corrected chi connectivity index (χ1v) is 8.49. The van der Waals surface area contributed by atoms with Crippen LogP contribution in [0, 0.1) is 5.82 Å². The second-order valence-corrected chi connectivity index (χ2v) is 5.95. The van der Waals surface area contributed by atoms with Gasteiger partial charge in [-0.15, -0.1) is 0 Å². The number of anilines is 5. The van der Waals surface area contributed by atoms with E-state index in [1.807, 2.05) is 0 Å². The lowest BCUT2D eigenvalue weighted by atomic mass is 10.2. The van der Waals surface area contributed by atoms with Crippen LogP contribution in [0.5, 0.6) is 0 Å². The summed E-state index contributed by atoms with van der Waals surface area (Å²) in [4.78, 5) is 31.3. The van der Waals surface area contributed by atoms with Crippen LogP contribution in [0.4, 0.5) is 33.1 Å². The van der Waals surface area contributed by atoms with Gasteiger partial charge in [0.1, 0.15) is 17.8 Å². The fourth-order valence-corrected chi connectivity index (χ4v) is 2.36. The lowest BCUT2D eigenvalue weighted by Crippen LogP contribution is -2.30. The third-order valence-corrected chi connectivity index (χ3v) is 3.75. The number of hydrazine groups is 1. The van der Waals surface area contributed by atoms with Crippen molar-refractivity contribution < 1.29 is 14.0 Å². The summed E-state index contributed by atoms with van der Waals surface area (Å²) in [6.45, 7) is 1.43. The Morgan fingerprint density at radius 1 is 0.931 bits per heavy atom. The Bertz CT molecular complexity index is 1020. The SMILES string of the molecule is CC(=O)Nc1ccc(Nc2ncnc(NNC(=O)c3ccc(F)cc3)c2N)cc1. The van der Waals surface area contributed by atoms with Gasteiger partial charge in [0.05, 0.1) is 0 Å². The lowest BCUT2D eigenvalue weighted by Gasteiger charge is -2.13. The second-order valence-electron chi connectivity index (χ2n) is 5.95. The molecule has 10 heteroatoms. The monoisotopic (exact) mass is 395 g/mol. The fraction of sp³-hybridized carbons (Fsp3) is 0.0526. The summed E-state index contributed by atoms with van der Waals surface area (Å²) in [6.07, 6.45) is 1.27. The summed E-state index contributed by atoms with van der Waals surface area (Å²) in [5, 5.41) is 5.71. The maximum atomic E-state index is 12.9. The lowest BCUT2D eigenvalue weighted by molar-refractivity contribution is -0.114. The van der Waals surface area contributed by atoms with E-state index in [4.69, 9.17) is 5.73 Å². The molecule has 0 aliphatic carbocycles. The maximum Gasteiger partial charge on any atom is 0.269 e. The number of aromatic nitrogens is 2. The Morgan fingerprint density at radius 3 is 2.21 bits per heavy atom. The first-order chi connectivity index (χ1) is 13.9. The van der Waals surface area contributed by atoms with Crippen molar-refractivity contribution >= 4 is 40.5 Å². The van der Waals surface area contributed by atoms with Gasteiger partial charge in [-0.3, -0.25) is 20.4 Å². The predicted molar refractivity (Wildman–Crippen MR) is 108 cm³/mol. The number of carbonyl (C=O) groups is 2. The summed E-state index contributed by atoms with van der Waals surface area (Å²) < 4.78 is 12.9. The van der Waals surface area contributed by atoms with E-state index >= 15 is 0 Å². The largest absolute Gasteiger partial charge is 0.393 e. The molecule has 0 unspecified atom stereocenters. The zero-order chi connectivity index (χ0) is 20.8. The van der Waals surface area contributed by atoms with Crippen molar-refractivity contribution in [1.82, 2.24) is 15.4 Å². The highest BCUT2D eigenvalue weighted by Gasteiger charge is 2.11. The highest BCUT2D eigenvalue weighted by Crippen LogP contribution is 2.26. The summed E-state index contributed by atoms with van der Waals surface area (Å²) in [5.41, 5.74) is 12.9. The minimum absolute atomic E-state index is 0.163. The number of hydrogen-bond donors (Lipinski definition) is 5. The number of amides is 2. The predicted octanol–water partition coefficient (Wildman–Crippen LogP) is 2.66. The molecule has 0 radical (unpaired) electrons. The molecule has 3 aromatic rings. The molecule has 2 amide bonds. The summed E-state index contributed by atoms with van der Waals surface area (Å²) >= 11 is 0. The van der Waals surface area contributed by atoms with Crippen molar-refractivity contribution in [2.75, 3.05) is 21.8 Å². The van der Waals surface area contributed by atoms with Crippen molar-refractivity contribution in [3.05, 3.63) is 66.2 Å². The normalized spacial score (nSPS) is 10.1. The van der Waals surface area contributed by atoms with E-state index in [9.17, 15) is 14.0 Å². The maximum absolute atomic E-state index is 12.9. The molecule has 0 saturated carbocycles. The Hall–Kier alpha value is -4.21. The van der Waals surface area contributed by atoms with E-state index in [1.165, 1.54) is 37.5 Å². The van der Waals surface area contributed by atoms with Crippen LogP contribution in [0.15, 0.2) is 54.9 Å². The minimum Gasteiger partial charge on any atom is -0.393 e. The summed E-state index contributed by atoms with van der Waals surface area (Å²) in [6, 6.07) is 12.0. The number of nitrogens with zero attached hydrogens (tertiary/aromatic N) is 2. The summed E-state index contributed by atoms with van der Waals surface area (Å²) in [7, 11) is 0. The van der Waals surface area contributed by atoms with Gasteiger partial charge < -0.3 is 16.4 Å². The van der Waals surface area contributed by atoms with Crippen molar-refractivity contribution in [2.45, 2.75) is 6.92 Å². The highest BCUT2D eigenvalue weighted by atomic mass is 19.1. The standard InChI is InChI=1S/C19H18FN7O2/c1-11(28)24-14-6-8-15(9-7-14)25-17-16(21)18(23-10-22-17)26-27-19(29)12-2-4-13(20)5-3-12/h2-10H,21H2,1H3,(H,24,28)(H,27,29)(H2,22,23,25,26). The molecule has 0 fully saturated rings. The fourth-order valence-electron chi connectivity index (χ4n) is 2.36. The number of nitrogen functional groups attached to an aromatic ring is 1. The van der Waals surface area contributed by atoms with E-state index in [-0.39, 0.29) is 23.0 Å². The van der Waals surface area contributed by atoms with Crippen LogP contribution in [0.1, 0.15) is 17.3 Å². The van der Waals surface area contributed by atoms with E-state index in [2.05, 4.69) is 31.5 Å². The minimum atomic E-state index is -0.480. The van der Waals surface area contributed by atoms with Gasteiger partial charge in [-0.05, 0) is 48.5 Å². The molecule has 1 heterocycles. The van der Waals surface area contributed by atoms with E-state index < -0.39 is 11.7 Å². The van der Waals surface area contributed by atoms with Gasteiger partial charge in [-0.2, -0.15) is 0 Å². The van der Waals surface area contributed by atoms with Crippen LogP contribution in [0.25, 0.3) is 0 Å². The number of halogens is 1. The third kappa shape index (κ3) is 5.16. The van der Waals surface area contributed by atoms with Gasteiger partial charge in [-0.1, -0.05) is 0 Å². The Balaban J connectivity index is 1.66. The highest BCUT2D eigenvalue weighted by molar-refractivity contribution is 5.95. The van der Waals surface area contributed by atoms with Crippen molar-refractivity contribution in [2.24, 2.45) is 0 Å². The smallest absolute Gasteiger partial charge is 0.269 e. The van der Waals surface area contributed by atoms with Crippen molar-refractivity contribution in [3.63, 3.8) is 0 Å². The quantitative estimate of drug-likeness (QED) is 0.405. The van der Waals surface area contributed by atoms with E-state index in [0.717, 1.165) is 0 Å². The van der Waals surface area contributed by atoms with Crippen molar-refractivity contribution in [3.8, 4) is 0 Å². The van der Waals surface area contributed by atoms with Crippen molar-refractivity contribution in [1.29, 1.82) is 0 Å². The molecular weight excluding hydrogens is 377 g/mol. The number of nitrogens with one attached hydrogen (secondary N) is 4. The average Bonchev–Trinajstić information content (AvgIpc) is 2.70. The van der Waals surface area contributed by atoms with Crippen LogP contribution in [0.2, 0.25) is 0 Å². The number of carbonyl (C=O) groups excluding carboxylic acids is 2. The molecule has 0 aliphatic heterocycles. The Morgan fingerprint density at radius 2 is 1.55 bits per heavy atom. The molecule has 2 aromatic carbocycles. The third-order valence-electron chi connectivity index (χ3n) is 3.75. The zero-order valence-electron chi connectivity index (χ0n) is 15.4. The van der Waals surface area contributed by atoms with Crippen LogP contribution in [0.3, 0.4) is 0 Å². The summed E-state index contributed by atoms with van der Waals surface area (Å²) in [5.74, 6) is -0.566.